The van der Waals surface area contributed by atoms with E-state index in [1.54, 1.807) is 0 Å². The van der Waals surface area contributed by atoms with E-state index in [4.69, 9.17) is 4.74 Å². The molecule has 156 valence electrons. The fourth-order valence-corrected chi connectivity index (χ4v) is 4.12. The molecule has 0 spiro atoms. The number of ether oxygens (including phenoxy) is 1. The molecule has 1 N–H and O–H groups in total. The van der Waals surface area contributed by atoms with E-state index in [0.717, 1.165) is 31.2 Å². The van der Waals surface area contributed by atoms with Gasteiger partial charge in [0.15, 0.2) is 6.10 Å². The average molecular weight is 400 g/mol. The summed E-state index contributed by atoms with van der Waals surface area (Å²) in [5.74, 6) is -1.79. The van der Waals surface area contributed by atoms with E-state index < -0.39 is 18.0 Å². The Kier molecular flexibility index (Phi) is 6.67. The number of nitrogens with one attached hydrogen (secondary N) is 1. The van der Waals surface area contributed by atoms with Crippen molar-refractivity contribution < 1.29 is 23.9 Å². The van der Waals surface area contributed by atoms with E-state index in [-0.39, 0.29) is 42.7 Å². The summed E-state index contributed by atoms with van der Waals surface area (Å²) in [6, 6.07) is 9.27. The van der Waals surface area contributed by atoms with E-state index in [0.29, 0.717) is 0 Å². The number of imide groups is 1. The maximum Gasteiger partial charge on any atom is 0.308 e. The number of fused-ring (bicyclic) bond motifs is 1. The number of likely N-dealkylation sites (tertiary alicyclic amines) is 1. The van der Waals surface area contributed by atoms with Gasteiger partial charge in [0, 0.05) is 6.54 Å². The molecule has 1 aliphatic carbocycles. The first-order chi connectivity index (χ1) is 13.9. The van der Waals surface area contributed by atoms with Gasteiger partial charge in [-0.2, -0.15) is 0 Å². The molecular weight excluding hydrogens is 372 g/mol. The summed E-state index contributed by atoms with van der Waals surface area (Å²) in [7, 11) is 0. The number of carbonyl (C=O) groups excluding carboxylic acids is 4. The van der Waals surface area contributed by atoms with Gasteiger partial charge in [-0.1, -0.05) is 43.2 Å². The summed E-state index contributed by atoms with van der Waals surface area (Å²) in [6.45, 7) is 3.37. The molecule has 1 aliphatic heterocycles. The minimum absolute atomic E-state index is 0.0122. The number of rotatable bonds is 7. The molecule has 1 heterocycles. The number of carbonyl (C=O) groups is 4. The van der Waals surface area contributed by atoms with Crippen LogP contribution in [0.2, 0.25) is 0 Å². The molecule has 2 fully saturated rings. The molecule has 7 heteroatoms. The van der Waals surface area contributed by atoms with Crippen LogP contribution in [0, 0.1) is 11.8 Å². The molecule has 0 aromatic heterocycles. The first-order valence-corrected chi connectivity index (χ1v) is 10.3. The molecule has 4 atom stereocenters. The van der Waals surface area contributed by atoms with Crippen LogP contribution in [0.25, 0.3) is 0 Å². The van der Waals surface area contributed by atoms with Crippen LogP contribution in [0.15, 0.2) is 30.3 Å². The van der Waals surface area contributed by atoms with Gasteiger partial charge in [-0.15, -0.1) is 0 Å². The van der Waals surface area contributed by atoms with Crippen molar-refractivity contribution in [1.29, 1.82) is 0 Å². The molecule has 0 unspecified atom stereocenters. The lowest BCUT2D eigenvalue weighted by molar-refractivity contribution is -0.155. The zero-order valence-corrected chi connectivity index (χ0v) is 16.9. The maximum atomic E-state index is 12.4. The lowest BCUT2D eigenvalue weighted by atomic mass is 9.81. The van der Waals surface area contributed by atoms with Crippen molar-refractivity contribution in [3.05, 3.63) is 35.9 Å². The Morgan fingerprint density at radius 3 is 2.24 bits per heavy atom. The molecule has 0 radical (unpaired) electrons. The minimum atomic E-state index is -0.957. The second-order valence-electron chi connectivity index (χ2n) is 7.85. The Labute approximate surface area is 170 Å². The van der Waals surface area contributed by atoms with Gasteiger partial charge in [0.2, 0.25) is 11.8 Å². The molecular formula is C22H28N2O5. The highest BCUT2D eigenvalue weighted by atomic mass is 16.5. The van der Waals surface area contributed by atoms with Gasteiger partial charge in [-0.3, -0.25) is 24.1 Å². The summed E-state index contributed by atoms with van der Waals surface area (Å²) in [5, 5.41) is 2.81. The maximum absolute atomic E-state index is 12.4. The molecule has 1 aromatic rings. The van der Waals surface area contributed by atoms with Crippen molar-refractivity contribution >= 4 is 23.7 Å². The van der Waals surface area contributed by atoms with E-state index in [1.165, 1.54) is 11.8 Å². The van der Waals surface area contributed by atoms with E-state index in [9.17, 15) is 19.2 Å². The standard InChI is InChI=1S/C22H28N2O5/c1-14(16-8-4-3-5-9-16)23-20(26)15(2)29-19(25)12-13-24-21(27)17-10-6-7-11-18(17)22(24)28/h3-5,8-9,14-15,17-18H,6-7,10-13H2,1-2H3,(H,23,26)/t14-,15+,17-,18-/m0/s1. The van der Waals surface area contributed by atoms with Crippen LogP contribution in [0.5, 0.6) is 0 Å². The van der Waals surface area contributed by atoms with Crippen molar-refractivity contribution in [3.8, 4) is 0 Å². The van der Waals surface area contributed by atoms with Gasteiger partial charge in [0.1, 0.15) is 0 Å². The SMILES string of the molecule is C[C@H](NC(=O)[C@@H](C)OC(=O)CCN1C(=O)[C@H]2CCCC[C@@H]2C1=O)c1ccccc1. The third kappa shape index (κ3) is 4.83. The predicted molar refractivity (Wildman–Crippen MR) is 105 cm³/mol. The van der Waals surface area contributed by atoms with Gasteiger partial charge in [-0.05, 0) is 32.3 Å². The Morgan fingerprint density at radius 2 is 1.66 bits per heavy atom. The van der Waals surface area contributed by atoms with E-state index in [1.807, 2.05) is 37.3 Å². The van der Waals surface area contributed by atoms with Crippen LogP contribution < -0.4 is 5.32 Å². The summed E-state index contributed by atoms with van der Waals surface area (Å²) in [6.07, 6.45) is 2.35. The largest absolute Gasteiger partial charge is 0.452 e. The lowest BCUT2D eigenvalue weighted by Gasteiger charge is -2.19. The fourth-order valence-electron chi connectivity index (χ4n) is 4.12. The van der Waals surface area contributed by atoms with Crippen LogP contribution in [-0.2, 0) is 23.9 Å². The quantitative estimate of drug-likeness (QED) is 0.560. The highest BCUT2D eigenvalue weighted by Gasteiger charge is 2.47. The van der Waals surface area contributed by atoms with Crippen molar-refractivity contribution in [2.75, 3.05) is 6.54 Å². The van der Waals surface area contributed by atoms with Crippen LogP contribution >= 0.6 is 0 Å². The summed E-state index contributed by atoms with van der Waals surface area (Å²) in [4.78, 5) is 50.5. The van der Waals surface area contributed by atoms with Crippen molar-refractivity contribution in [1.82, 2.24) is 10.2 Å². The zero-order valence-electron chi connectivity index (χ0n) is 16.9. The molecule has 1 saturated heterocycles. The van der Waals surface area contributed by atoms with Gasteiger partial charge in [0.05, 0.1) is 24.3 Å². The second-order valence-corrected chi connectivity index (χ2v) is 7.85. The Balaban J connectivity index is 1.46. The van der Waals surface area contributed by atoms with Gasteiger partial charge in [0.25, 0.3) is 5.91 Å². The zero-order chi connectivity index (χ0) is 21.0. The molecule has 3 rings (SSSR count). The van der Waals surface area contributed by atoms with E-state index >= 15 is 0 Å². The van der Waals surface area contributed by atoms with Crippen molar-refractivity contribution in [2.24, 2.45) is 11.8 Å². The topological polar surface area (TPSA) is 92.8 Å². The molecule has 1 saturated carbocycles. The normalized spacial score (nSPS) is 23.3. The van der Waals surface area contributed by atoms with Crippen molar-refractivity contribution in [2.45, 2.75) is 58.1 Å². The fraction of sp³-hybridized carbons (Fsp3) is 0.545. The highest BCUT2D eigenvalue weighted by Crippen LogP contribution is 2.37. The summed E-state index contributed by atoms with van der Waals surface area (Å²) < 4.78 is 5.20. The highest BCUT2D eigenvalue weighted by molar-refractivity contribution is 6.05. The first-order valence-electron chi connectivity index (χ1n) is 10.3. The number of benzene rings is 1. The van der Waals surface area contributed by atoms with Crippen LogP contribution in [-0.4, -0.2) is 41.2 Å². The minimum Gasteiger partial charge on any atom is -0.452 e. The smallest absolute Gasteiger partial charge is 0.308 e. The average Bonchev–Trinajstić information content (AvgIpc) is 2.97. The Bertz CT molecular complexity index is 755. The van der Waals surface area contributed by atoms with E-state index in [2.05, 4.69) is 5.32 Å². The monoisotopic (exact) mass is 400 g/mol. The first kappa shape index (κ1) is 21.0. The van der Waals surface area contributed by atoms with Crippen LogP contribution in [0.4, 0.5) is 0 Å². The summed E-state index contributed by atoms with van der Waals surface area (Å²) in [5.41, 5.74) is 0.951. The van der Waals surface area contributed by atoms with Gasteiger partial charge < -0.3 is 10.1 Å². The number of esters is 1. The third-order valence-corrected chi connectivity index (χ3v) is 5.81. The number of hydrogen-bond acceptors (Lipinski definition) is 5. The lowest BCUT2D eigenvalue weighted by Crippen LogP contribution is -2.38. The summed E-state index contributed by atoms with van der Waals surface area (Å²) >= 11 is 0. The Hall–Kier alpha value is -2.70. The Morgan fingerprint density at radius 1 is 1.07 bits per heavy atom. The predicted octanol–water partition coefficient (Wildman–Crippen LogP) is 2.36. The van der Waals surface area contributed by atoms with Crippen molar-refractivity contribution in [3.63, 3.8) is 0 Å². The molecule has 29 heavy (non-hydrogen) atoms. The van der Waals surface area contributed by atoms with Gasteiger partial charge >= 0.3 is 5.97 Å². The third-order valence-electron chi connectivity index (χ3n) is 5.81. The molecule has 7 nitrogen and oxygen atoms in total. The van der Waals surface area contributed by atoms with Gasteiger partial charge in [-0.25, -0.2) is 0 Å². The van der Waals surface area contributed by atoms with Crippen LogP contribution in [0.1, 0.15) is 57.6 Å². The molecule has 1 aromatic carbocycles. The number of nitrogens with zero attached hydrogens (tertiary/aromatic N) is 1. The molecule has 3 amide bonds. The molecule has 2 aliphatic rings. The second kappa shape index (κ2) is 9.20. The van der Waals surface area contributed by atoms with Crippen LogP contribution in [0.3, 0.4) is 0 Å². The number of amides is 3. The number of hydrogen-bond donors (Lipinski definition) is 1. The molecule has 0 bridgehead atoms.